The SMILES string of the molecule is CCCC[C@H](NC(=O)O[C@H](Cc1nnc(-c2ccc(C(F)(F)F)cc2)o1)C(C)(C)C)C(O)(S)C(=O)Nn1ccoc1=O. The Labute approximate surface area is 244 Å². The number of aromatic nitrogens is 3. The molecule has 1 unspecified atom stereocenters. The summed E-state index contributed by atoms with van der Waals surface area (Å²) in [6.07, 6.45) is -2.88. The van der Waals surface area contributed by atoms with Crippen molar-refractivity contribution in [3.05, 3.63) is 58.7 Å². The Morgan fingerprint density at radius 1 is 1.17 bits per heavy atom. The first-order valence-corrected chi connectivity index (χ1v) is 13.4. The minimum Gasteiger partial charge on any atom is -0.445 e. The third-order valence-corrected chi connectivity index (χ3v) is 6.77. The van der Waals surface area contributed by atoms with Crippen molar-refractivity contribution in [1.82, 2.24) is 20.2 Å². The summed E-state index contributed by atoms with van der Waals surface area (Å²) < 4.78 is 55.2. The number of amides is 2. The molecule has 2 amide bonds. The molecule has 3 N–H and O–H groups in total. The Kier molecular flexibility index (Phi) is 10.1. The second-order valence-corrected chi connectivity index (χ2v) is 11.3. The molecule has 0 aliphatic heterocycles. The molecule has 0 aliphatic carbocycles. The molecule has 3 aromatic rings. The molecular formula is C26H32F3N5O7S. The molecule has 2 aromatic heterocycles. The normalized spacial score (nSPS) is 15.0. The quantitative estimate of drug-likeness (QED) is 0.184. The van der Waals surface area contributed by atoms with Crippen LogP contribution >= 0.6 is 12.6 Å². The number of ether oxygens (including phenoxy) is 1. The summed E-state index contributed by atoms with van der Waals surface area (Å²) in [6, 6.07) is 2.98. The lowest BCUT2D eigenvalue weighted by Crippen LogP contribution is -2.58. The highest BCUT2D eigenvalue weighted by Gasteiger charge is 2.43. The minimum absolute atomic E-state index is 0.0154. The fourth-order valence-electron chi connectivity index (χ4n) is 3.73. The number of nitrogens with zero attached hydrogens (tertiary/aromatic N) is 3. The van der Waals surface area contributed by atoms with Crippen LogP contribution in [-0.4, -0.2) is 49.1 Å². The molecule has 0 aliphatic rings. The average molecular weight is 616 g/mol. The first-order chi connectivity index (χ1) is 19.5. The summed E-state index contributed by atoms with van der Waals surface area (Å²) in [5.41, 5.74) is 0.949. The van der Waals surface area contributed by atoms with Crippen LogP contribution in [0.3, 0.4) is 0 Å². The summed E-state index contributed by atoms with van der Waals surface area (Å²) in [5.74, 6) is -1.95. The molecule has 0 bridgehead atoms. The predicted molar refractivity (Wildman–Crippen MR) is 146 cm³/mol. The molecule has 230 valence electrons. The van der Waals surface area contributed by atoms with Crippen LogP contribution in [0.15, 0.2) is 50.4 Å². The number of hydrogen-bond acceptors (Lipinski definition) is 10. The van der Waals surface area contributed by atoms with Gasteiger partial charge in [-0.3, -0.25) is 10.2 Å². The van der Waals surface area contributed by atoms with Crippen molar-refractivity contribution in [1.29, 1.82) is 0 Å². The number of alkyl carbamates (subject to hydrolysis) is 1. The van der Waals surface area contributed by atoms with E-state index in [4.69, 9.17) is 9.15 Å². The summed E-state index contributed by atoms with van der Waals surface area (Å²) in [6.45, 7) is 7.24. The summed E-state index contributed by atoms with van der Waals surface area (Å²) in [4.78, 5) is 34.9. The van der Waals surface area contributed by atoms with E-state index in [1.165, 1.54) is 12.1 Å². The molecule has 1 aromatic carbocycles. The smallest absolute Gasteiger partial charge is 0.437 e. The Bertz CT molecular complexity index is 1410. The van der Waals surface area contributed by atoms with Crippen molar-refractivity contribution in [2.45, 2.75) is 76.6 Å². The maximum absolute atomic E-state index is 13.0. The van der Waals surface area contributed by atoms with Gasteiger partial charge in [0.1, 0.15) is 12.4 Å². The Morgan fingerprint density at radius 2 is 1.83 bits per heavy atom. The topological polar surface area (TPSA) is 162 Å². The predicted octanol–water partition coefficient (Wildman–Crippen LogP) is 4.14. The van der Waals surface area contributed by atoms with Gasteiger partial charge in [0, 0.05) is 5.56 Å². The van der Waals surface area contributed by atoms with Crippen molar-refractivity contribution in [3.8, 4) is 11.5 Å². The summed E-state index contributed by atoms with van der Waals surface area (Å²) in [7, 11) is 0. The van der Waals surface area contributed by atoms with E-state index in [1.54, 1.807) is 20.8 Å². The zero-order valence-electron chi connectivity index (χ0n) is 23.3. The van der Waals surface area contributed by atoms with Gasteiger partial charge in [-0.25, -0.2) is 9.59 Å². The first-order valence-electron chi connectivity index (χ1n) is 12.9. The van der Waals surface area contributed by atoms with E-state index < -0.39 is 52.0 Å². The molecule has 12 nitrogen and oxygen atoms in total. The third kappa shape index (κ3) is 8.38. The second kappa shape index (κ2) is 13.0. The van der Waals surface area contributed by atoms with Gasteiger partial charge in [-0.2, -0.15) is 17.8 Å². The fraction of sp³-hybridized carbons (Fsp3) is 0.500. The highest BCUT2D eigenvalue weighted by molar-refractivity contribution is 7.82. The van der Waals surface area contributed by atoms with E-state index in [1.807, 2.05) is 6.92 Å². The second-order valence-electron chi connectivity index (χ2n) is 10.6. The highest BCUT2D eigenvalue weighted by Crippen LogP contribution is 2.31. The Morgan fingerprint density at radius 3 is 2.38 bits per heavy atom. The fourth-order valence-corrected chi connectivity index (χ4v) is 3.97. The van der Waals surface area contributed by atoms with Crippen LogP contribution in [0.2, 0.25) is 0 Å². The van der Waals surface area contributed by atoms with Gasteiger partial charge >= 0.3 is 18.0 Å². The van der Waals surface area contributed by atoms with Crippen LogP contribution in [0.1, 0.15) is 58.4 Å². The number of unbranched alkanes of at least 4 members (excludes halogenated alkanes) is 1. The largest absolute Gasteiger partial charge is 0.445 e. The highest BCUT2D eigenvalue weighted by atomic mass is 32.1. The number of alkyl halides is 3. The maximum atomic E-state index is 13.0. The maximum Gasteiger partial charge on any atom is 0.437 e. The van der Waals surface area contributed by atoms with Gasteiger partial charge in [0.05, 0.1) is 24.2 Å². The number of carbonyl (C=O) groups is 2. The van der Waals surface area contributed by atoms with Crippen molar-refractivity contribution in [2.24, 2.45) is 5.41 Å². The molecule has 0 spiro atoms. The molecule has 2 heterocycles. The number of benzene rings is 1. The monoisotopic (exact) mass is 615 g/mol. The molecule has 0 saturated carbocycles. The van der Waals surface area contributed by atoms with E-state index in [9.17, 15) is 32.7 Å². The molecule has 0 radical (unpaired) electrons. The van der Waals surface area contributed by atoms with E-state index in [2.05, 4.69) is 38.0 Å². The lowest BCUT2D eigenvalue weighted by Gasteiger charge is -2.33. The number of thiol groups is 1. The van der Waals surface area contributed by atoms with Crippen LogP contribution in [-0.2, 0) is 22.1 Å². The molecule has 3 rings (SSSR count). The van der Waals surface area contributed by atoms with Crippen LogP contribution in [0.4, 0.5) is 18.0 Å². The number of aliphatic hydroxyl groups is 1. The number of oxazole rings is 1. The summed E-state index contributed by atoms with van der Waals surface area (Å²) >= 11 is 4.09. The van der Waals surface area contributed by atoms with Crippen LogP contribution in [0.25, 0.3) is 11.5 Å². The van der Waals surface area contributed by atoms with E-state index >= 15 is 0 Å². The van der Waals surface area contributed by atoms with Crippen molar-refractivity contribution < 1.29 is 41.4 Å². The zero-order chi connectivity index (χ0) is 31.3. The van der Waals surface area contributed by atoms with Gasteiger partial charge in [0.15, 0.2) is 0 Å². The van der Waals surface area contributed by atoms with Gasteiger partial charge in [0.25, 0.3) is 5.91 Å². The first kappa shape index (κ1) is 32.7. The Balaban J connectivity index is 1.72. The van der Waals surface area contributed by atoms with E-state index in [0.29, 0.717) is 17.5 Å². The van der Waals surface area contributed by atoms with Crippen molar-refractivity contribution >= 4 is 24.6 Å². The van der Waals surface area contributed by atoms with Crippen LogP contribution in [0.5, 0.6) is 0 Å². The molecule has 42 heavy (non-hydrogen) atoms. The molecule has 0 saturated heterocycles. The van der Waals surface area contributed by atoms with Crippen molar-refractivity contribution in [3.63, 3.8) is 0 Å². The van der Waals surface area contributed by atoms with Gasteiger partial charge in [-0.15, -0.1) is 22.8 Å². The minimum atomic E-state index is -4.49. The van der Waals surface area contributed by atoms with Crippen LogP contribution in [0, 0.1) is 5.41 Å². The van der Waals surface area contributed by atoms with Gasteiger partial charge < -0.3 is 24.0 Å². The Hall–Kier alpha value is -3.79. The van der Waals surface area contributed by atoms with E-state index in [-0.39, 0.29) is 30.2 Å². The molecule has 16 heteroatoms. The standard InChI is InChI=1S/C26H32F3N5O7S/c1-5-6-7-17(25(38,42)21(35)33-34-12-13-39-23(34)37)30-22(36)40-18(24(2,3)4)14-19-31-32-20(41-19)15-8-10-16(11-9-15)26(27,28)29/h8-13,17-18,38,42H,5-7,14H2,1-4H3,(H,30,36)(H,33,35)/t17-,18+,25?/m0/s1. The molecule has 3 atom stereocenters. The molecule has 0 fully saturated rings. The van der Waals surface area contributed by atoms with Gasteiger partial charge in [-0.05, 0) is 36.1 Å². The molecular weight excluding hydrogens is 583 g/mol. The summed E-state index contributed by atoms with van der Waals surface area (Å²) in [5, 5.41) is 21.3. The number of hydrogen-bond donors (Lipinski definition) is 4. The van der Waals surface area contributed by atoms with Gasteiger partial charge in [0.2, 0.25) is 16.7 Å². The van der Waals surface area contributed by atoms with Crippen molar-refractivity contribution in [2.75, 3.05) is 5.43 Å². The number of rotatable bonds is 11. The van der Waals surface area contributed by atoms with E-state index in [0.717, 1.165) is 24.6 Å². The number of nitrogens with one attached hydrogen (secondary N) is 2. The lowest BCUT2D eigenvalue weighted by molar-refractivity contribution is -0.137. The number of carbonyl (C=O) groups excluding carboxylic acids is 2. The lowest BCUT2D eigenvalue weighted by atomic mass is 9.87. The van der Waals surface area contributed by atoms with Gasteiger partial charge in [-0.1, -0.05) is 40.5 Å². The third-order valence-electron chi connectivity index (χ3n) is 6.26. The average Bonchev–Trinajstić information content (AvgIpc) is 3.54. The number of halogens is 3. The van der Waals surface area contributed by atoms with Crippen LogP contribution < -0.4 is 16.5 Å². The zero-order valence-corrected chi connectivity index (χ0v) is 24.2.